The molecule has 0 bridgehead atoms. The number of hydrogen-bond acceptors (Lipinski definition) is 5. The van der Waals surface area contributed by atoms with Gasteiger partial charge in [0.1, 0.15) is 12.1 Å². The molecule has 4 heterocycles. The van der Waals surface area contributed by atoms with Crippen molar-refractivity contribution in [2.75, 3.05) is 34.4 Å². The molecule has 5 atom stereocenters. The molecule has 1 fully saturated rings. The largest absolute Gasteiger partial charge is 0.497 e. The van der Waals surface area contributed by atoms with Gasteiger partial charge in [-0.05, 0) is 18.6 Å². The predicted octanol–water partition coefficient (Wildman–Crippen LogP) is 1.78. The van der Waals surface area contributed by atoms with Crippen LogP contribution in [0.15, 0.2) is 24.0 Å². The molecule has 1 saturated heterocycles. The van der Waals surface area contributed by atoms with E-state index in [-0.39, 0.29) is 18.0 Å². The second-order valence-electron chi connectivity index (χ2n) is 8.60. The number of aromatic nitrogens is 1. The molecule has 3 aliphatic rings. The Balaban J connectivity index is 1.56. The van der Waals surface area contributed by atoms with E-state index in [0.29, 0.717) is 17.5 Å². The fraction of sp³-hybridized carbons (Fsp3) is 0.522. The maximum Gasteiger partial charge on any atom is 0.337 e. The molecule has 30 heavy (non-hydrogen) atoms. The predicted molar refractivity (Wildman–Crippen MR) is 111 cm³/mol. The number of benzene rings is 1. The number of carbonyl (C=O) groups excluding carboxylic acids is 1. The zero-order valence-corrected chi connectivity index (χ0v) is 17.9. The van der Waals surface area contributed by atoms with Crippen LogP contribution in [0, 0.1) is 11.8 Å². The summed E-state index contributed by atoms with van der Waals surface area (Å²) in [5, 5.41) is 1.20. The molecule has 1 aromatic carbocycles. The van der Waals surface area contributed by atoms with E-state index in [4.69, 9.17) is 18.9 Å². The summed E-state index contributed by atoms with van der Waals surface area (Å²) >= 11 is 0. The highest BCUT2D eigenvalue weighted by atomic mass is 16.5. The Morgan fingerprint density at radius 3 is 2.70 bits per heavy atom. The molecule has 0 radical (unpaired) electrons. The number of fused-ring (bicyclic) bond motifs is 6. The summed E-state index contributed by atoms with van der Waals surface area (Å²) in [6.07, 6.45) is 3.66. The summed E-state index contributed by atoms with van der Waals surface area (Å²) in [5.74, 6) is 1.67. The van der Waals surface area contributed by atoms with Crippen molar-refractivity contribution in [2.45, 2.75) is 31.9 Å². The highest BCUT2D eigenvalue weighted by molar-refractivity contribution is 5.89. The van der Waals surface area contributed by atoms with Crippen molar-refractivity contribution >= 4 is 16.9 Å². The minimum absolute atomic E-state index is 0.106. The van der Waals surface area contributed by atoms with Gasteiger partial charge in [0.25, 0.3) is 0 Å². The van der Waals surface area contributed by atoms with E-state index in [1.807, 2.05) is 6.07 Å². The van der Waals surface area contributed by atoms with Crippen LogP contribution in [0.1, 0.15) is 30.6 Å². The average molecular weight is 413 g/mol. The fourth-order valence-corrected chi connectivity index (χ4v) is 5.77. The lowest BCUT2D eigenvalue weighted by Gasteiger charge is -2.46. The summed E-state index contributed by atoms with van der Waals surface area (Å²) < 4.78 is 21.9. The lowest BCUT2D eigenvalue weighted by molar-refractivity contribution is -0.944. The Bertz CT molecular complexity index is 1030. The highest BCUT2D eigenvalue weighted by Gasteiger charge is 2.49. The molecular weight excluding hydrogens is 384 g/mol. The molecule has 0 aliphatic carbocycles. The number of nitrogens with one attached hydrogen (secondary N) is 2. The number of carbonyl (C=O) groups is 1. The first-order chi connectivity index (χ1) is 14.5. The van der Waals surface area contributed by atoms with E-state index in [9.17, 15) is 4.79 Å². The third-order valence-corrected chi connectivity index (χ3v) is 7.32. The van der Waals surface area contributed by atoms with E-state index >= 15 is 0 Å². The number of esters is 1. The van der Waals surface area contributed by atoms with Crippen molar-refractivity contribution in [1.82, 2.24) is 4.98 Å². The first-order valence-electron chi connectivity index (χ1n) is 10.6. The number of rotatable bonds is 3. The standard InChI is InChI=1S/C23H28N2O5/c1-12-16-10-25-6-5-13-15-8-20(27-2)21(28-3)9-18(15)24-22(13)19(25)7-14(16)17(11-30-12)23(26)29-4/h8-9,11-12,14,16,19,24H,5-7,10H2,1-4H3/p+1/t12-,14-,16-,19-/m0/s1. The minimum atomic E-state index is -0.275. The number of ether oxygens (including phenoxy) is 4. The third-order valence-electron chi connectivity index (χ3n) is 7.32. The van der Waals surface area contributed by atoms with Gasteiger partial charge in [-0.3, -0.25) is 0 Å². The zero-order valence-electron chi connectivity index (χ0n) is 17.9. The topological polar surface area (TPSA) is 74.2 Å². The molecule has 3 aliphatic heterocycles. The monoisotopic (exact) mass is 413 g/mol. The Kier molecular flexibility index (Phi) is 4.65. The molecule has 1 aromatic heterocycles. The van der Waals surface area contributed by atoms with Crippen LogP contribution in [0.5, 0.6) is 11.5 Å². The molecule has 7 nitrogen and oxygen atoms in total. The molecule has 5 rings (SSSR count). The molecule has 2 N–H and O–H groups in total. The van der Waals surface area contributed by atoms with Gasteiger partial charge in [-0.2, -0.15) is 0 Å². The Morgan fingerprint density at radius 2 is 1.97 bits per heavy atom. The van der Waals surface area contributed by atoms with Crippen LogP contribution in [-0.2, 0) is 20.7 Å². The van der Waals surface area contributed by atoms with Crippen molar-refractivity contribution in [1.29, 1.82) is 0 Å². The minimum Gasteiger partial charge on any atom is -0.497 e. The molecule has 0 spiro atoms. The summed E-state index contributed by atoms with van der Waals surface area (Å²) in [4.78, 5) is 17.7. The van der Waals surface area contributed by atoms with Gasteiger partial charge >= 0.3 is 5.97 Å². The SMILES string of the molecule is COC(=O)C1=CO[C@@H](C)[C@@H]2C[NH+]3CCc4c([nH]c5cc(OC)c(OC)cc45)[C@@H]3C[C@H]12. The van der Waals surface area contributed by atoms with Gasteiger partial charge in [0.15, 0.2) is 11.5 Å². The number of quaternary nitrogens is 1. The number of aromatic amines is 1. The highest BCUT2D eigenvalue weighted by Crippen LogP contribution is 2.42. The maximum absolute atomic E-state index is 12.4. The van der Waals surface area contributed by atoms with Gasteiger partial charge in [0.05, 0.1) is 63.4 Å². The van der Waals surface area contributed by atoms with E-state index in [0.717, 1.165) is 42.9 Å². The first-order valence-corrected chi connectivity index (χ1v) is 10.6. The van der Waals surface area contributed by atoms with Crippen molar-refractivity contribution in [3.63, 3.8) is 0 Å². The number of methoxy groups -OCH3 is 3. The third kappa shape index (κ3) is 2.79. The van der Waals surface area contributed by atoms with Gasteiger partial charge < -0.3 is 28.8 Å². The van der Waals surface area contributed by atoms with Crippen molar-refractivity contribution in [2.24, 2.45) is 11.8 Å². The van der Waals surface area contributed by atoms with Gasteiger partial charge in [-0.15, -0.1) is 0 Å². The second kappa shape index (κ2) is 7.23. The van der Waals surface area contributed by atoms with Crippen LogP contribution >= 0.6 is 0 Å². The Hall–Kier alpha value is -2.67. The summed E-state index contributed by atoms with van der Waals surface area (Å²) in [7, 11) is 4.77. The van der Waals surface area contributed by atoms with E-state index in [2.05, 4.69) is 18.0 Å². The molecule has 7 heteroatoms. The molecule has 1 unspecified atom stereocenters. The van der Waals surface area contributed by atoms with Gasteiger partial charge in [0, 0.05) is 30.2 Å². The van der Waals surface area contributed by atoms with Crippen LogP contribution in [-0.4, -0.2) is 51.5 Å². The molecule has 2 aromatic rings. The second-order valence-corrected chi connectivity index (χ2v) is 8.60. The van der Waals surface area contributed by atoms with E-state index in [1.165, 1.54) is 23.8 Å². The van der Waals surface area contributed by atoms with E-state index in [1.54, 1.807) is 25.4 Å². The normalized spacial score (nSPS) is 29.7. The van der Waals surface area contributed by atoms with Crippen molar-refractivity contribution in [3.05, 3.63) is 35.2 Å². The van der Waals surface area contributed by atoms with Crippen LogP contribution in [0.2, 0.25) is 0 Å². The van der Waals surface area contributed by atoms with Crippen molar-refractivity contribution in [3.8, 4) is 11.5 Å². The smallest absolute Gasteiger partial charge is 0.337 e. The molecule has 0 saturated carbocycles. The van der Waals surface area contributed by atoms with Crippen molar-refractivity contribution < 1.29 is 28.6 Å². The van der Waals surface area contributed by atoms with Gasteiger partial charge in [0.2, 0.25) is 0 Å². The quantitative estimate of drug-likeness (QED) is 0.751. The van der Waals surface area contributed by atoms with Gasteiger partial charge in [-0.1, -0.05) is 0 Å². The van der Waals surface area contributed by atoms with Crippen LogP contribution in [0.4, 0.5) is 0 Å². The number of hydrogen-bond donors (Lipinski definition) is 2. The summed E-state index contributed by atoms with van der Waals surface area (Å²) in [5.41, 5.74) is 4.39. The lowest BCUT2D eigenvalue weighted by atomic mass is 9.72. The Labute approximate surface area is 175 Å². The zero-order chi connectivity index (χ0) is 21.0. The average Bonchev–Trinajstić information content (AvgIpc) is 3.14. The number of H-pyrrole nitrogens is 1. The van der Waals surface area contributed by atoms with Crippen LogP contribution in [0.25, 0.3) is 10.9 Å². The molecule has 160 valence electrons. The molecular formula is C23H29N2O5+. The number of piperidine rings is 1. The van der Waals surface area contributed by atoms with Gasteiger partial charge in [-0.25, -0.2) is 4.79 Å². The first kappa shape index (κ1) is 19.3. The fourth-order valence-electron chi connectivity index (χ4n) is 5.77. The Morgan fingerprint density at radius 1 is 1.20 bits per heavy atom. The summed E-state index contributed by atoms with van der Waals surface area (Å²) in [6, 6.07) is 4.42. The van der Waals surface area contributed by atoms with Crippen LogP contribution < -0.4 is 14.4 Å². The summed E-state index contributed by atoms with van der Waals surface area (Å²) in [6.45, 7) is 4.18. The lowest BCUT2D eigenvalue weighted by Crippen LogP contribution is -3.15. The van der Waals surface area contributed by atoms with Crippen LogP contribution in [0.3, 0.4) is 0 Å². The molecule has 0 amide bonds. The maximum atomic E-state index is 12.4. The van der Waals surface area contributed by atoms with E-state index < -0.39 is 0 Å².